The van der Waals surface area contributed by atoms with E-state index in [-0.39, 0.29) is 31.1 Å². The van der Waals surface area contributed by atoms with Gasteiger partial charge in [-0.1, -0.05) is 257 Å². The third-order valence-corrected chi connectivity index (χ3v) is 12.6. The van der Waals surface area contributed by atoms with Crippen LogP contribution in [0.4, 0.5) is 0 Å². The first kappa shape index (κ1) is 70.5. The zero-order chi connectivity index (χ0) is 54.3. The van der Waals surface area contributed by atoms with Crippen LogP contribution in [0.2, 0.25) is 0 Å². The average Bonchev–Trinajstić information content (AvgIpc) is 3.41. The molecule has 0 aromatic rings. The van der Waals surface area contributed by atoms with Gasteiger partial charge in [0.25, 0.3) is 0 Å². The van der Waals surface area contributed by atoms with Gasteiger partial charge in [0.15, 0.2) is 6.10 Å². The summed E-state index contributed by atoms with van der Waals surface area (Å²) in [5.41, 5.74) is 0. The third-order valence-electron chi connectivity index (χ3n) is 12.6. The summed E-state index contributed by atoms with van der Waals surface area (Å²) < 4.78 is 16.7. The van der Waals surface area contributed by atoms with Crippen molar-refractivity contribution < 1.29 is 28.6 Å². The number of hydrogen-bond acceptors (Lipinski definition) is 6. The molecule has 0 radical (unpaired) electrons. The minimum atomic E-state index is -0.797. The topological polar surface area (TPSA) is 78.9 Å². The average molecular weight is 1040 g/mol. The quantitative estimate of drug-likeness (QED) is 0.0261. The lowest BCUT2D eigenvalue weighted by molar-refractivity contribution is -0.167. The van der Waals surface area contributed by atoms with Crippen molar-refractivity contribution >= 4 is 17.9 Å². The van der Waals surface area contributed by atoms with E-state index >= 15 is 0 Å². The summed E-state index contributed by atoms with van der Waals surface area (Å²) in [7, 11) is 0. The van der Waals surface area contributed by atoms with Gasteiger partial charge in [-0.05, 0) is 122 Å². The first-order valence-electron chi connectivity index (χ1n) is 30.7. The molecule has 6 nitrogen and oxygen atoms in total. The van der Waals surface area contributed by atoms with Gasteiger partial charge < -0.3 is 14.2 Å². The Hall–Kier alpha value is -4.45. The van der Waals surface area contributed by atoms with Crippen LogP contribution in [0.25, 0.3) is 0 Å². The zero-order valence-corrected chi connectivity index (χ0v) is 48.5. The number of ether oxygens (including phenoxy) is 3. The molecule has 0 bridgehead atoms. The molecule has 0 aromatic heterocycles. The number of allylic oxidation sites excluding steroid dienone is 22. The number of carbonyl (C=O) groups is 3. The molecule has 0 fully saturated rings. The summed E-state index contributed by atoms with van der Waals surface area (Å²) in [6, 6.07) is 0. The fourth-order valence-electron chi connectivity index (χ4n) is 8.05. The summed E-state index contributed by atoms with van der Waals surface area (Å²) in [6.45, 7) is 6.40. The fraction of sp³-hybridized carbons (Fsp3) is 0.638. The standard InChI is InChI=1S/C69H112O6/c1-4-7-10-13-15-17-19-21-23-25-27-28-29-30-31-32-33-34-35-36-37-38-39-40-42-43-45-47-49-51-53-56-59-62-68(71)74-65-66(64-73-67(70)61-58-55-12-9-6-3)75-69(72)63-60-57-54-52-50-48-46-44-41-26-24-22-20-18-16-14-11-8-5-2/h7,10,15,17,21-24,27-28,30-31,33-34,36-37,39-40,43,45,49,51,66H,4-6,8-9,11-14,16,18-20,25-26,29,32,35,38,41-42,44,46-48,50,52-65H2,1-3H3/b10-7-,17-15-,23-21-,24-22-,28-27-,31-30-,34-33-,37-36-,40-39-,45-43-,51-49-. The van der Waals surface area contributed by atoms with Gasteiger partial charge in [0.1, 0.15) is 13.2 Å². The van der Waals surface area contributed by atoms with E-state index in [1.165, 1.54) is 89.9 Å². The Kier molecular flexibility index (Phi) is 58.4. The Labute approximate surface area is 462 Å². The number of carbonyl (C=O) groups excluding carboxylic acids is 3. The van der Waals surface area contributed by atoms with Crippen LogP contribution in [0.3, 0.4) is 0 Å². The summed E-state index contributed by atoms with van der Waals surface area (Å²) in [5.74, 6) is -0.959. The van der Waals surface area contributed by atoms with E-state index in [4.69, 9.17) is 14.2 Å². The van der Waals surface area contributed by atoms with Crippen LogP contribution in [0.15, 0.2) is 134 Å². The Morgan fingerprint density at radius 3 is 0.853 bits per heavy atom. The maximum Gasteiger partial charge on any atom is 0.306 e. The molecule has 0 aliphatic rings. The van der Waals surface area contributed by atoms with Crippen molar-refractivity contribution in [2.24, 2.45) is 0 Å². The van der Waals surface area contributed by atoms with Crippen molar-refractivity contribution in [3.8, 4) is 0 Å². The van der Waals surface area contributed by atoms with Gasteiger partial charge in [-0.2, -0.15) is 0 Å². The maximum absolute atomic E-state index is 12.8. The summed E-state index contributed by atoms with van der Waals surface area (Å²) >= 11 is 0. The molecule has 0 N–H and O–H groups in total. The predicted octanol–water partition coefficient (Wildman–Crippen LogP) is 21.0. The van der Waals surface area contributed by atoms with Gasteiger partial charge in [-0.25, -0.2) is 0 Å². The molecule has 0 aromatic carbocycles. The first-order chi connectivity index (χ1) is 37.0. The summed E-state index contributed by atoms with van der Waals surface area (Å²) in [4.78, 5) is 37.8. The monoisotopic (exact) mass is 1040 g/mol. The SMILES string of the molecule is CC/C=C\C/C=C\C/C=C\C/C=C\C/C=C\C/C=C\C/C=C\C/C=C\C/C=C\C/C=C\CCCCC(=O)OCC(COC(=O)CCCCCCC)OC(=O)CCCCCCCCCCC/C=C\CCCCCCCC. The summed E-state index contributed by atoms with van der Waals surface area (Å²) in [5, 5.41) is 0. The third kappa shape index (κ3) is 60.3. The van der Waals surface area contributed by atoms with Crippen molar-refractivity contribution in [1.29, 1.82) is 0 Å². The van der Waals surface area contributed by atoms with Crippen LogP contribution < -0.4 is 0 Å². The van der Waals surface area contributed by atoms with Crippen molar-refractivity contribution in [1.82, 2.24) is 0 Å². The van der Waals surface area contributed by atoms with E-state index in [0.29, 0.717) is 25.7 Å². The molecule has 0 spiro atoms. The molecular weight excluding hydrogens is 925 g/mol. The van der Waals surface area contributed by atoms with E-state index in [0.717, 1.165) is 128 Å². The molecular formula is C69H112O6. The second kappa shape index (κ2) is 62.1. The molecule has 1 atom stereocenters. The molecule has 0 saturated carbocycles. The predicted molar refractivity (Wildman–Crippen MR) is 325 cm³/mol. The Morgan fingerprint density at radius 1 is 0.280 bits per heavy atom. The maximum atomic E-state index is 12.8. The van der Waals surface area contributed by atoms with Gasteiger partial charge >= 0.3 is 17.9 Å². The number of esters is 3. The molecule has 1 unspecified atom stereocenters. The number of rotatable bonds is 54. The Morgan fingerprint density at radius 2 is 0.520 bits per heavy atom. The van der Waals surface area contributed by atoms with Crippen LogP contribution in [0, 0.1) is 0 Å². The molecule has 0 heterocycles. The molecule has 424 valence electrons. The van der Waals surface area contributed by atoms with E-state index in [9.17, 15) is 14.4 Å². The highest BCUT2D eigenvalue weighted by Gasteiger charge is 2.19. The lowest BCUT2D eigenvalue weighted by Gasteiger charge is -2.18. The van der Waals surface area contributed by atoms with E-state index in [2.05, 4.69) is 154 Å². The van der Waals surface area contributed by atoms with Crippen LogP contribution in [0.5, 0.6) is 0 Å². The van der Waals surface area contributed by atoms with Gasteiger partial charge in [-0.15, -0.1) is 0 Å². The van der Waals surface area contributed by atoms with E-state index in [1.807, 2.05) is 0 Å². The molecule has 75 heavy (non-hydrogen) atoms. The zero-order valence-electron chi connectivity index (χ0n) is 48.5. The lowest BCUT2D eigenvalue weighted by Crippen LogP contribution is -2.30. The second-order valence-electron chi connectivity index (χ2n) is 19.9. The van der Waals surface area contributed by atoms with Crippen LogP contribution in [-0.2, 0) is 28.6 Å². The van der Waals surface area contributed by atoms with Crippen molar-refractivity contribution in [2.45, 2.75) is 271 Å². The van der Waals surface area contributed by atoms with Crippen LogP contribution in [-0.4, -0.2) is 37.2 Å². The molecule has 6 heteroatoms. The highest BCUT2D eigenvalue weighted by atomic mass is 16.6. The molecule has 0 amide bonds. The van der Waals surface area contributed by atoms with Crippen LogP contribution in [0.1, 0.15) is 265 Å². The van der Waals surface area contributed by atoms with Gasteiger partial charge in [0.2, 0.25) is 0 Å². The van der Waals surface area contributed by atoms with Gasteiger partial charge in [0, 0.05) is 19.3 Å². The fourth-order valence-corrected chi connectivity index (χ4v) is 8.05. The number of hydrogen-bond donors (Lipinski definition) is 0. The molecule has 0 aliphatic heterocycles. The first-order valence-corrected chi connectivity index (χ1v) is 30.7. The van der Waals surface area contributed by atoms with Crippen molar-refractivity contribution in [3.63, 3.8) is 0 Å². The largest absolute Gasteiger partial charge is 0.462 e. The van der Waals surface area contributed by atoms with Gasteiger partial charge in [0.05, 0.1) is 0 Å². The van der Waals surface area contributed by atoms with Crippen LogP contribution >= 0.6 is 0 Å². The molecule has 0 saturated heterocycles. The van der Waals surface area contributed by atoms with E-state index in [1.54, 1.807) is 0 Å². The minimum Gasteiger partial charge on any atom is -0.462 e. The van der Waals surface area contributed by atoms with Crippen molar-refractivity contribution in [2.75, 3.05) is 13.2 Å². The van der Waals surface area contributed by atoms with Gasteiger partial charge in [-0.3, -0.25) is 14.4 Å². The normalized spacial score (nSPS) is 13.1. The van der Waals surface area contributed by atoms with Crippen molar-refractivity contribution in [3.05, 3.63) is 134 Å². The highest BCUT2D eigenvalue weighted by molar-refractivity contribution is 5.71. The summed E-state index contributed by atoms with van der Waals surface area (Å²) in [6.07, 6.45) is 87.9. The lowest BCUT2D eigenvalue weighted by atomic mass is 10.1. The second-order valence-corrected chi connectivity index (χ2v) is 19.9. The minimum absolute atomic E-state index is 0.0958. The number of unbranched alkanes of at least 4 members (excludes halogenated alkanes) is 21. The molecule has 0 rings (SSSR count). The Bertz CT molecular complexity index is 1620. The molecule has 0 aliphatic carbocycles. The Balaban J connectivity index is 4.18. The van der Waals surface area contributed by atoms with E-state index < -0.39 is 6.10 Å². The smallest absolute Gasteiger partial charge is 0.306 e. The highest BCUT2D eigenvalue weighted by Crippen LogP contribution is 2.14.